The molecule has 6 heteroatoms. The summed E-state index contributed by atoms with van der Waals surface area (Å²) in [6.45, 7) is 2.68. The Morgan fingerprint density at radius 1 is 1.18 bits per heavy atom. The second-order valence-electron chi connectivity index (χ2n) is 5.34. The van der Waals surface area contributed by atoms with Gasteiger partial charge >= 0.3 is 0 Å². The van der Waals surface area contributed by atoms with Crippen LogP contribution in [-0.2, 0) is 19.5 Å². The van der Waals surface area contributed by atoms with Crippen LogP contribution in [0.2, 0.25) is 5.02 Å². The Morgan fingerprint density at radius 3 is 2.91 bits per heavy atom. The fourth-order valence-corrected chi connectivity index (χ4v) is 3.68. The summed E-state index contributed by atoms with van der Waals surface area (Å²) < 4.78 is 5.78. The first-order chi connectivity index (χ1) is 10.8. The van der Waals surface area contributed by atoms with Gasteiger partial charge in [-0.05, 0) is 47.7 Å². The molecule has 0 unspecified atom stereocenters. The molecule has 0 N–H and O–H groups in total. The number of hydrogen-bond donors (Lipinski definition) is 0. The van der Waals surface area contributed by atoms with Crippen molar-refractivity contribution in [1.29, 1.82) is 0 Å². The summed E-state index contributed by atoms with van der Waals surface area (Å²) in [5, 5.41) is 11.2. The largest absolute Gasteiger partial charge is 0.419 e. The van der Waals surface area contributed by atoms with Gasteiger partial charge in [0.1, 0.15) is 0 Å². The molecule has 3 aromatic rings. The maximum absolute atomic E-state index is 5.89. The minimum atomic E-state index is 0.542. The van der Waals surface area contributed by atoms with E-state index >= 15 is 0 Å². The molecule has 0 radical (unpaired) electrons. The average Bonchev–Trinajstić information content (AvgIpc) is 3.17. The van der Waals surface area contributed by atoms with Crippen molar-refractivity contribution in [2.75, 3.05) is 6.54 Å². The van der Waals surface area contributed by atoms with Gasteiger partial charge in [0.25, 0.3) is 0 Å². The number of hydrogen-bond acceptors (Lipinski definition) is 5. The van der Waals surface area contributed by atoms with E-state index in [9.17, 15) is 0 Å². The maximum Gasteiger partial charge on any atom is 0.247 e. The summed E-state index contributed by atoms with van der Waals surface area (Å²) in [4.78, 5) is 3.84. The molecule has 3 heterocycles. The van der Waals surface area contributed by atoms with Crippen molar-refractivity contribution < 1.29 is 4.42 Å². The molecule has 1 aromatic carbocycles. The molecule has 0 atom stereocenters. The zero-order valence-electron chi connectivity index (χ0n) is 11.8. The van der Waals surface area contributed by atoms with Gasteiger partial charge in [0, 0.05) is 28.6 Å². The first kappa shape index (κ1) is 13.9. The molecule has 112 valence electrons. The number of thiophene rings is 1. The fourth-order valence-electron chi connectivity index (χ4n) is 2.66. The lowest BCUT2D eigenvalue weighted by Gasteiger charge is -2.25. The smallest absolute Gasteiger partial charge is 0.247 e. The monoisotopic (exact) mass is 331 g/mol. The molecule has 1 aliphatic rings. The summed E-state index contributed by atoms with van der Waals surface area (Å²) >= 11 is 7.74. The summed E-state index contributed by atoms with van der Waals surface area (Å²) in [5.74, 6) is 1.20. The third kappa shape index (κ3) is 2.79. The topological polar surface area (TPSA) is 42.2 Å². The molecule has 22 heavy (non-hydrogen) atoms. The molecule has 0 fully saturated rings. The normalized spacial score (nSPS) is 15.0. The Hall–Kier alpha value is -1.69. The summed E-state index contributed by atoms with van der Waals surface area (Å²) in [6, 6.07) is 9.63. The molecular formula is C16H14ClN3OS. The molecule has 0 spiro atoms. The quantitative estimate of drug-likeness (QED) is 0.727. The van der Waals surface area contributed by atoms with Crippen molar-refractivity contribution in [3.05, 3.63) is 57.1 Å². The fraction of sp³-hybridized carbons (Fsp3) is 0.250. The first-order valence-corrected chi connectivity index (χ1v) is 8.39. The molecule has 4 nitrogen and oxygen atoms in total. The Bertz CT molecular complexity index is 781. The lowest BCUT2D eigenvalue weighted by atomic mass is 10.1. The highest BCUT2D eigenvalue weighted by atomic mass is 35.5. The van der Waals surface area contributed by atoms with Crippen molar-refractivity contribution in [3.63, 3.8) is 0 Å². The van der Waals surface area contributed by atoms with Crippen LogP contribution < -0.4 is 0 Å². The number of aromatic nitrogens is 2. The van der Waals surface area contributed by atoms with Crippen LogP contribution in [0.1, 0.15) is 16.3 Å². The van der Waals surface area contributed by atoms with E-state index in [0.717, 1.165) is 25.1 Å². The van der Waals surface area contributed by atoms with Crippen molar-refractivity contribution in [2.45, 2.75) is 19.5 Å². The van der Waals surface area contributed by atoms with Crippen LogP contribution >= 0.6 is 22.9 Å². The Labute approximate surface area is 137 Å². The van der Waals surface area contributed by atoms with Gasteiger partial charge in [0.05, 0.1) is 6.54 Å². The first-order valence-electron chi connectivity index (χ1n) is 7.14. The van der Waals surface area contributed by atoms with Gasteiger partial charge in [-0.2, -0.15) is 0 Å². The van der Waals surface area contributed by atoms with Gasteiger partial charge in [0.2, 0.25) is 11.8 Å². The van der Waals surface area contributed by atoms with Crippen molar-refractivity contribution in [2.24, 2.45) is 0 Å². The van der Waals surface area contributed by atoms with E-state index in [1.807, 2.05) is 35.6 Å². The van der Waals surface area contributed by atoms with Crippen molar-refractivity contribution >= 4 is 22.9 Å². The molecule has 0 aliphatic carbocycles. The van der Waals surface area contributed by atoms with E-state index in [2.05, 4.69) is 26.5 Å². The van der Waals surface area contributed by atoms with Crippen LogP contribution in [-0.4, -0.2) is 21.6 Å². The Morgan fingerprint density at radius 2 is 2.05 bits per heavy atom. The van der Waals surface area contributed by atoms with Gasteiger partial charge in [-0.15, -0.1) is 21.5 Å². The third-order valence-electron chi connectivity index (χ3n) is 3.80. The van der Waals surface area contributed by atoms with Crippen LogP contribution in [0.25, 0.3) is 11.5 Å². The van der Waals surface area contributed by atoms with E-state index in [1.54, 1.807) is 0 Å². The molecular weight excluding hydrogens is 318 g/mol. The number of benzene rings is 1. The minimum Gasteiger partial charge on any atom is -0.419 e. The lowest BCUT2D eigenvalue weighted by molar-refractivity contribution is 0.223. The van der Waals surface area contributed by atoms with Gasteiger partial charge in [-0.1, -0.05) is 11.6 Å². The minimum absolute atomic E-state index is 0.542. The number of halogens is 1. The van der Waals surface area contributed by atoms with Crippen LogP contribution in [0.4, 0.5) is 0 Å². The van der Waals surface area contributed by atoms with Crippen LogP contribution in [0.15, 0.2) is 40.1 Å². The summed E-state index contributed by atoms with van der Waals surface area (Å²) in [6.07, 6.45) is 1.10. The lowest BCUT2D eigenvalue weighted by Crippen LogP contribution is -2.29. The highest BCUT2D eigenvalue weighted by molar-refractivity contribution is 7.10. The molecule has 1 aliphatic heterocycles. The van der Waals surface area contributed by atoms with Gasteiger partial charge in [-0.3, -0.25) is 4.90 Å². The zero-order chi connectivity index (χ0) is 14.9. The van der Waals surface area contributed by atoms with E-state index < -0.39 is 0 Å². The van der Waals surface area contributed by atoms with E-state index in [-0.39, 0.29) is 0 Å². The Kier molecular flexibility index (Phi) is 3.70. The van der Waals surface area contributed by atoms with E-state index in [4.69, 9.17) is 16.0 Å². The van der Waals surface area contributed by atoms with Crippen LogP contribution in [0.3, 0.4) is 0 Å². The van der Waals surface area contributed by atoms with E-state index in [0.29, 0.717) is 23.3 Å². The average molecular weight is 332 g/mol. The SMILES string of the molecule is Clc1ccc(-c2nnc(CN3CCc4sccc4C3)o2)cc1. The standard InChI is InChI=1S/C16H14ClN3OS/c17-13-3-1-11(2-4-13)16-19-18-15(21-16)10-20-7-5-14-12(9-20)6-8-22-14/h1-4,6,8H,5,7,9-10H2. The number of nitrogens with zero attached hydrogens (tertiary/aromatic N) is 3. The van der Waals surface area contributed by atoms with Gasteiger partial charge in [0.15, 0.2) is 0 Å². The van der Waals surface area contributed by atoms with E-state index in [1.165, 1.54) is 10.4 Å². The molecule has 2 aromatic heterocycles. The van der Waals surface area contributed by atoms with Gasteiger partial charge < -0.3 is 4.42 Å². The molecule has 4 rings (SSSR count). The predicted octanol–water partition coefficient (Wildman–Crippen LogP) is 4.01. The number of rotatable bonds is 3. The molecule has 0 saturated carbocycles. The highest BCUT2D eigenvalue weighted by Crippen LogP contribution is 2.25. The summed E-state index contributed by atoms with van der Waals surface area (Å²) in [7, 11) is 0. The van der Waals surface area contributed by atoms with Crippen molar-refractivity contribution in [3.8, 4) is 11.5 Å². The number of fused-ring (bicyclic) bond motifs is 1. The highest BCUT2D eigenvalue weighted by Gasteiger charge is 2.19. The molecule has 0 saturated heterocycles. The van der Waals surface area contributed by atoms with Crippen molar-refractivity contribution in [1.82, 2.24) is 15.1 Å². The van der Waals surface area contributed by atoms with Crippen LogP contribution in [0, 0.1) is 0 Å². The molecule has 0 bridgehead atoms. The Balaban J connectivity index is 1.47. The maximum atomic E-state index is 5.89. The molecule has 0 amide bonds. The van der Waals surface area contributed by atoms with Gasteiger partial charge in [-0.25, -0.2) is 0 Å². The second-order valence-corrected chi connectivity index (χ2v) is 6.77. The zero-order valence-corrected chi connectivity index (χ0v) is 13.4. The summed E-state index contributed by atoms with van der Waals surface area (Å²) in [5.41, 5.74) is 2.32. The second kappa shape index (κ2) is 5.83. The predicted molar refractivity (Wildman–Crippen MR) is 86.9 cm³/mol. The van der Waals surface area contributed by atoms with Crippen LogP contribution in [0.5, 0.6) is 0 Å². The third-order valence-corrected chi connectivity index (χ3v) is 5.08.